The molecule has 2 rings (SSSR count). The van der Waals surface area contributed by atoms with Crippen LogP contribution >= 0.6 is 0 Å². The molecule has 0 saturated heterocycles. The van der Waals surface area contributed by atoms with E-state index < -0.39 is 0 Å². The first-order valence-electron chi connectivity index (χ1n) is 10.1. The molecule has 2 heteroatoms. The summed E-state index contributed by atoms with van der Waals surface area (Å²) in [6.45, 7) is 6.75. The van der Waals surface area contributed by atoms with Crippen LogP contribution in [-0.4, -0.2) is 9.97 Å². The molecule has 0 radical (unpaired) electrons. The van der Waals surface area contributed by atoms with E-state index in [9.17, 15) is 0 Å². The molecule has 2 nitrogen and oxygen atoms in total. The number of hydrogen-bond acceptors (Lipinski definition) is 2. The second-order valence-electron chi connectivity index (χ2n) is 7.51. The van der Waals surface area contributed by atoms with Crippen molar-refractivity contribution in [1.82, 2.24) is 9.97 Å². The number of unbranched alkanes of at least 4 members (excludes halogenated alkanes) is 4. The Morgan fingerprint density at radius 2 is 1.70 bits per heavy atom. The Morgan fingerprint density at radius 3 is 2.35 bits per heavy atom. The molecular formula is C21H36N2. The molecule has 0 spiro atoms. The second-order valence-corrected chi connectivity index (χ2v) is 7.51. The van der Waals surface area contributed by atoms with Crippen LogP contribution in [0, 0.1) is 12.8 Å². The SMILES string of the molecule is CCCCCCCc1cnc(C2CCC(CCC)CC2)nc1C. The van der Waals surface area contributed by atoms with Crippen LogP contribution in [0.5, 0.6) is 0 Å². The molecule has 1 aliphatic carbocycles. The first-order valence-corrected chi connectivity index (χ1v) is 10.1. The summed E-state index contributed by atoms with van der Waals surface area (Å²) < 4.78 is 0. The minimum absolute atomic E-state index is 0.611. The summed E-state index contributed by atoms with van der Waals surface area (Å²) in [6.07, 6.45) is 18.0. The van der Waals surface area contributed by atoms with Crippen LogP contribution in [-0.2, 0) is 6.42 Å². The van der Waals surface area contributed by atoms with Crippen LogP contribution in [0.1, 0.15) is 107 Å². The molecule has 1 saturated carbocycles. The Bertz CT molecular complexity index is 447. The zero-order chi connectivity index (χ0) is 16.5. The van der Waals surface area contributed by atoms with Gasteiger partial charge in [-0.15, -0.1) is 0 Å². The van der Waals surface area contributed by atoms with Crippen LogP contribution in [0.25, 0.3) is 0 Å². The van der Waals surface area contributed by atoms with E-state index in [4.69, 9.17) is 9.97 Å². The lowest BCUT2D eigenvalue weighted by atomic mass is 9.79. The van der Waals surface area contributed by atoms with Crippen LogP contribution in [0.2, 0.25) is 0 Å². The lowest BCUT2D eigenvalue weighted by Crippen LogP contribution is -2.16. The molecule has 0 unspecified atom stereocenters. The van der Waals surface area contributed by atoms with E-state index in [1.807, 2.05) is 0 Å². The van der Waals surface area contributed by atoms with Gasteiger partial charge in [-0.2, -0.15) is 0 Å². The molecular weight excluding hydrogens is 280 g/mol. The Hall–Kier alpha value is -0.920. The van der Waals surface area contributed by atoms with E-state index in [0.29, 0.717) is 5.92 Å². The van der Waals surface area contributed by atoms with E-state index in [1.165, 1.54) is 81.9 Å². The molecule has 0 aliphatic heterocycles. The van der Waals surface area contributed by atoms with Gasteiger partial charge in [0.15, 0.2) is 0 Å². The highest BCUT2D eigenvalue weighted by atomic mass is 14.9. The number of aromatic nitrogens is 2. The van der Waals surface area contributed by atoms with Crippen LogP contribution in [0.15, 0.2) is 6.20 Å². The molecule has 1 aliphatic rings. The lowest BCUT2D eigenvalue weighted by Gasteiger charge is -2.27. The Kier molecular flexibility index (Phi) is 8.05. The van der Waals surface area contributed by atoms with Gasteiger partial charge in [-0.05, 0) is 56.9 Å². The number of aryl methyl sites for hydroxylation is 2. The van der Waals surface area contributed by atoms with Gasteiger partial charge in [0.05, 0.1) is 0 Å². The van der Waals surface area contributed by atoms with Gasteiger partial charge in [-0.25, -0.2) is 9.97 Å². The van der Waals surface area contributed by atoms with Crippen molar-refractivity contribution in [3.8, 4) is 0 Å². The minimum atomic E-state index is 0.611. The van der Waals surface area contributed by atoms with E-state index in [1.54, 1.807) is 0 Å². The van der Waals surface area contributed by atoms with Gasteiger partial charge in [-0.1, -0.05) is 52.4 Å². The number of hydrogen-bond donors (Lipinski definition) is 0. The third-order valence-corrected chi connectivity index (χ3v) is 5.56. The highest BCUT2D eigenvalue weighted by Crippen LogP contribution is 2.36. The summed E-state index contributed by atoms with van der Waals surface area (Å²) in [7, 11) is 0. The van der Waals surface area contributed by atoms with Gasteiger partial charge in [0.25, 0.3) is 0 Å². The summed E-state index contributed by atoms with van der Waals surface area (Å²) in [4.78, 5) is 9.61. The van der Waals surface area contributed by atoms with Gasteiger partial charge in [0.1, 0.15) is 5.82 Å². The van der Waals surface area contributed by atoms with Crippen LogP contribution < -0.4 is 0 Å². The van der Waals surface area contributed by atoms with E-state index in [2.05, 4.69) is 27.0 Å². The predicted molar refractivity (Wildman–Crippen MR) is 98.8 cm³/mol. The zero-order valence-corrected chi connectivity index (χ0v) is 15.6. The number of rotatable bonds is 9. The highest BCUT2D eigenvalue weighted by molar-refractivity contribution is 5.17. The van der Waals surface area contributed by atoms with Gasteiger partial charge >= 0.3 is 0 Å². The monoisotopic (exact) mass is 316 g/mol. The average molecular weight is 317 g/mol. The van der Waals surface area contributed by atoms with E-state index in [0.717, 1.165) is 18.2 Å². The molecule has 1 aromatic rings. The van der Waals surface area contributed by atoms with Gasteiger partial charge in [0, 0.05) is 17.8 Å². The topological polar surface area (TPSA) is 25.8 Å². The van der Waals surface area contributed by atoms with Gasteiger partial charge in [-0.3, -0.25) is 0 Å². The minimum Gasteiger partial charge on any atom is -0.241 e. The molecule has 130 valence electrons. The normalized spacial score (nSPS) is 21.5. The van der Waals surface area contributed by atoms with Crippen molar-refractivity contribution >= 4 is 0 Å². The van der Waals surface area contributed by atoms with E-state index >= 15 is 0 Å². The number of nitrogens with zero attached hydrogens (tertiary/aromatic N) is 2. The van der Waals surface area contributed by atoms with Crippen molar-refractivity contribution in [1.29, 1.82) is 0 Å². The summed E-state index contributed by atoms with van der Waals surface area (Å²) in [5.74, 6) is 2.69. The van der Waals surface area contributed by atoms with Crippen molar-refractivity contribution in [3.05, 3.63) is 23.3 Å². The summed E-state index contributed by atoms with van der Waals surface area (Å²) in [5.41, 5.74) is 2.59. The fraction of sp³-hybridized carbons (Fsp3) is 0.810. The maximum absolute atomic E-state index is 4.87. The summed E-state index contributed by atoms with van der Waals surface area (Å²) in [6, 6.07) is 0. The molecule has 1 heterocycles. The fourth-order valence-corrected chi connectivity index (χ4v) is 3.99. The smallest absolute Gasteiger partial charge is 0.131 e. The first-order chi connectivity index (χ1) is 11.2. The van der Waals surface area contributed by atoms with Crippen LogP contribution in [0.3, 0.4) is 0 Å². The molecule has 0 atom stereocenters. The largest absolute Gasteiger partial charge is 0.241 e. The molecule has 0 bridgehead atoms. The standard InChI is InChI=1S/C21H36N2/c1-4-6-7-8-9-11-20-16-22-21(23-17(20)3)19-14-12-18(10-5-2)13-15-19/h16,18-19H,4-15H2,1-3H3. The first kappa shape index (κ1) is 18.4. The van der Waals surface area contributed by atoms with Crippen molar-refractivity contribution in [2.24, 2.45) is 5.92 Å². The van der Waals surface area contributed by atoms with Crippen molar-refractivity contribution in [2.45, 2.75) is 104 Å². The Labute approximate surface area is 143 Å². The third-order valence-electron chi connectivity index (χ3n) is 5.56. The fourth-order valence-electron chi connectivity index (χ4n) is 3.99. The summed E-state index contributed by atoms with van der Waals surface area (Å²) >= 11 is 0. The Balaban J connectivity index is 1.82. The van der Waals surface area contributed by atoms with Crippen molar-refractivity contribution < 1.29 is 0 Å². The van der Waals surface area contributed by atoms with Crippen molar-refractivity contribution in [3.63, 3.8) is 0 Å². The molecule has 0 N–H and O–H groups in total. The molecule has 0 aromatic carbocycles. The second kappa shape index (κ2) is 10.1. The van der Waals surface area contributed by atoms with Gasteiger partial charge < -0.3 is 0 Å². The van der Waals surface area contributed by atoms with E-state index in [-0.39, 0.29) is 0 Å². The van der Waals surface area contributed by atoms with Crippen LogP contribution in [0.4, 0.5) is 0 Å². The highest BCUT2D eigenvalue weighted by Gasteiger charge is 2.23. The van der Waals surface area contributed by atoms with Gasteiger partial charge in [0.2, 0.25) is 0 Å². The molecule has 0 amide bonds. The maximum atomic E-state index is 4.87. The maximum Gasteiger partial charge on any atom is 0.131 e. The molecule has 23 heavy (non-hydrogen) atoms. The predicted octanol–water partition coefficient (Wildman–Crippen LogP) is 6.37. The molecule has 1 aromatic heterocycles. The lowest BCUT2D eigenvalue weighted by molar-refractivity contribution is 0.302. The average Bonchev–Trinajstić information content (AvgIpc) is 2.57. The summed E-state index contributed by atoms with van der Waals surface area (Å²) in [5, 5.41) is 0. The zero-order valence-electron chi connectivity index (χ0n) is 15.6. The molecule has 1 fully saturated rings. The quantitative estimate of drug-likeness (QED) is 0.494. The van der Waals surface area contributed by atoms with Crippen molar-refractivity contribution in [2.75, 3.05) is 0 Å². The third kappa shape index (κ3) is 5.90. The Morgan fingerprint density at radius 1 is 0.957 bits per heavy atom.